The molecular formula is C17H25ClN2. The molecule has 3 rings (SSSR count). The topological polar surface area (TPSA) is 15.3 Å². The lowest BCUT2D eigenvalue weighted by Gasteiger charge is -2.41. The van der Waals surface area contributed by atoms with Crippen LogP contribution in [0.5, 0.6) is 0 Å². The number of hydrogen-bond acceptors (Lipinski definition) is 2. The Morgan fingerprint density at radius 2 is 1.90 bits per heavy atom. The van der Waals surface area contributed by atoms with Crippen LogP contribution in [0.4, 0.5) is 0 Å². The van der Waals surface area contributed by atoms with E-state index in [2.05, 4.69) is 36.2 Å². The van der Waals surface area contributed by atoms with E-state index in [4.69, 9.17) is 11.6 Å². The molecule has 0 aliphatic carbocycles. The van der Waals surface area contributed by atoms with Gasteiger partial charge in [0.05, 0.1) is 0 Å². The molecule has 0 spiro atoms. The van der Waals surface area contributed by atoms with E-state index in [1.165, 1.54) is 31.2 Å². The van der Waals surface area contributed by atoms with Crippen molar-refractivity contribution < 1.29 is 0 Å². The molecule has 1 aromatic carbocycles. The smallest absolute Gasteiger partial charge is 0.0453 e. The first-order valence-corrected chi connectivity index (χ1v) is 8.33. The van der Waals surface area contributed by atoms with Crippen molar-refractivity contribution in [3.8, 4) is 0 Å². The number of halogens is 1. The minimum Gasteiger partial charge on any atom is -0.311 e. The predicted octanol–water partition coefficient (Wildman–Crippen LogP) is 4.01. The number of nitrogens with one attached hydrogen (secondary N) is 1. The maximum Gasteiger partial charge on any atom is 0.0453 e. The summed E-state index contributed by atoms with van der Waals surface area (Å²) in [7, 11) is 0. The van der Waals surface area contributed by atoms with E-state index in [1.54, 1.807) is 0 Å². The molecule has 2 aliphatic rings. The second-order valence-electron chi connectivity index (χ2n) is 6.29. The van der Waals surface area contributed by atoms with Gasteiger partial charge in [-0.2, -0.15) is 0 Å². The van der Waals surface area contributed by atoms with E-state index in [0.29, 0.717) is 12.1 Å². The molecule has 110 valence electrons. The first kappa shape index (κ1) is 14.4. The van der Waals surface area contributed by atoms with Crippen molar-refractivity contribution in [1.82, 2.24) is 10.2 Å². The molecular weight excluding hydrogens is 268 g/mol. The van der Waals surface area contributed by atoms with Gasteiger partial charge in [0.15, 0.2) is 0 Å². The first-order valence-electron chi connectivity index (χ1n) is 7.95. The van der Waals surface area contributed by atoms with Crippen LogP contribution >= 0.6 is 11.6 Å². The van der Waals surface area contributed by atoms with Crippen LogP contribution in [-0.4, -0.2) is 29.6 Å². The van der Waals surface area contributed by atoms with Crippen LogP contribution < -0.4 is 5.32 Å². The van der Waals surface area contributed by atoms with E-state index in [0.717, 1.165) is 23.7 Å². The lowest BCUT2D eigenvalue weighted by Crippen LogP contribution is -2.48. The maximum atomic E-state index is 6.39. The molecule has 3 unspecified atom stereocenters. The van der Waals surface area contributed by atoms with Gasteiger partial charge in [0.2, 0.25) is 0 Å². The average molecular weight is 293 g/mol. The summed E-state index contributed by atoms with van der Waals surface area (Å²) in [4.78, 5) is 2.65. The fourth-order valence-electron chi connectivity index (χ4n) is 4.14. The first-order chi connectivity index (χ1) is 9.69. The van der Waals surface area contributed by atoms with Crippen molar-refractivity contribution in [2.24, 2.45) is 0 Å². The van der Waals surface area contributed by atoms with Gasteiger partial charge < -0.3 is 5.32 Å². The van der Waals surface area contributed by atoms with Crippen LogP contribution in [0.2, 0.25) is 5.02 Å². The Balaban J connectivity index is 1.77. The van der Waals surface area contributed by atoms with Crippen LogP contribution in [-0.2, 0) is 0 Å². The van der Waals surface area contributed by atoms with Gasteiger partial charge in [-0.05, 0) is 50.8 Å². The zero-order chi connectivity index (χ0) is 14.1. The van der Waals surface area contributed by atoms with Crippen LogP contribution in [0.15, 0.2) is 24.3 Å². The van der Waals surface area contributed by atoms with Crippen LogP contribution in [0, 0.1) is 0 Å². The van der Waals surface area contributed by atoms with E-state index >= 15 is 0 Å². The molecule has 2 bridgehead atoms. The highest BCUT2D eigenvalue weighted by atomic mass is 35.5. The summed E-state index contributed by atoms with van der Waals surface area (Å²) in [6, 6.07) is 10.9. The lowest BCUT2D eigenvalue weighted by molar-refractivity contribution is 0.108. The van der Waals surface area contributed by atoms with E-state index in [1.807, 2.05) is 12.1 Å². The molecule has 0 amide bonds. The quantitative estimate of drug-likeness (QED) is 0.902. The highest BCUT2D eigenvalue weighted by Crippen LogP contribution is 2.35. The van der Waals surface area contributed by atoms with Gasteiger partial charge >= 0.3 is 0 Å². The predicted molar refractivity (Wildman–Crippen MR) is 85.2 cm³/mol. The molecule has 0 aromatic heterocycles. The highest BCUT2D eigenvalue weighted by Gasteiger charge is 2.37. The third-order valence-corrected chi connectivity index (χ3v) is 5.48. The van der Waals surface area contributed by atoms with Crippen molar-refractivity contribution in [3.05, 3.63) is 34.9 Å². The summed E-state index contributed by atoms with van der Waals surface area (Å²) in [5.74, 6) is 0. The zero-order valence-corrected chi connectivity index (χ0v) is 13.2. The Morgan fingerprint density at radius 1 is 1.25 bits per heavy atom. The molecule has 2 heterocycles. The molecule has 2 fully saturated rings. The molecule has 20 heavy (non-hydrogen) atoms. The van der Waals surface area contributed by atoms with Gasteiger partial charge in [-0.3, -0.25) is 4.90 Å². The van der Waals surface area contributed by atoms with Crippen molar-refractivity contribution in [2.45, 2.75) is 63.7 Å². The maximum absolute atomic E-state index is 6.39. The van der Waals surface area contributed by atoms with Crippen molar-refractivity contribution >= 4 is 11.6 Å². The Labute approximate surface area is 127 Å². The molecule has 1 aromatic rings. The number of nitrogens with zero attached hydrogens (tertiary/aromatic N) is 1. The molecule has 3 atom stereocenters. The van der Waals surface area contributed by atoms with Crippen LogP contribution in [0.1, 0.15) is 51.1 Å². The van der Waals surface area contributed by atoms with E-state index in [9.17, 15) is 0 Å². The summed E-state index contributed by atoms with van der Waals surface area (Å²) in [6.07, 6.45) is 5.30. The molecule has 1 N–H and O–H groups in total. The standard InChI is InChI=1S/C17H25ClN2/c1-3-20(12(2)16-6-4-5-7-17(16)18)15-10-13-8-9-14(11-15)19-13/h4-7,12-15,19H,3,8-11H2,1-2H3. The summed E-state index contributed by atoms with van der Waals surface area (Å²) in [5, 5.41) is 4.64. The van der Waals surface area contributed by atoms with Crippen LogP contribution in [0.25, 0.3) is 0 Å². The number of piperidine rings is 1. The summed E-state index contributed by atoms with van der Waals surface area (Å²) in [5.41, 5.74) is 1.27. The fourth-order valence-corrected chi connectivity index (χ4v) is 4.43. The summed E-state index contributed by atoms with van der Waals surface area (Å²) < 4.78 is 0. The Bertz CT molecular complexity index is 450. The van der Waals surface area contributed by atoms with E-state index < -0.39 is 0 Å². The number of hydrogen-bond donors (Lipinski definition) is 1. The second-order valence-corrected chi connectivity index (χ2v) is 6.70. The minimum absolute atomic E-state index is 0.399. The van der Waals surface area contributed by atoms with Gasteiger partial charge in [0.25, 0.3) is 0 Å². The molecule has 2 nitrogen and oxygen atoms in total. The number of rotatable bonds is 4. The van der Waals surface area contributed by atoms with Gasteiger partial charge in [-0.25, -0.2) is 0 Å². The van der Waals surface area contributed by atoms with Gasteiger partial charge in [-0.1, -0.05) is 36.7 Å². The van der Waals surface area contributed by atoms with Crippen molar-refractivity contribution in [3.63, 3.8) is 0 Å². The number of fused-ring (bicyclic) bond motifs is 2. The van der Waals surface area contributed by atoms with Gasteiger partial charge in [-0.15, -0.1) is 0 Å². The van der Waals surface area contributed by atoms with Crippen molar-refractivity contribution in [1.29, 1.82) is 0 Å². The Hall–Kier alpha value is -0.570. The third kappa shape index (κ3) is 2.74. The minimum atomic E-state index is 0.399. The molecule has 0 saturated carbocycles. The third-order valence-electron chi connectivity index (χ3n) is 5.14. The average Bonchev–Trinajstić information content (AvgIpc) is 2.79. The highest BCUT2D eigenvalue weighted by molar-refractivity contribution is 6.31. The molecule has 2 saturated heterocycles. The largest absolute Gasteiger partial charge is 0.311 e. The molecule has 2 aliphatic heterocycles. The molecule has 3 heteroatoms. The normalized spacial score (nSPS) is 30.7. The fraction of sp³-hybridized carbons (Fsp3) is 0.647. The SMILES string of the molecule is CCN(C1CC2CCC(C1)N2)C(C)c1ccccc1Cl. The monoisotopic (exact) mass is 292 g/mol. The van der Waals surface area contributed by atoms with Crippen LogP contribution in [0.3, 0.4) is 0 Å². The molecule has 0 radical (unpaired) electrons. The summed E-state index contributed by atoms with van der Waals surface area (Å²) in [6.45, 7) is 5.67. The van der Waals surface area contributed by atoms with Crippen molar-refractivity contribution in [2.75, 3.05) is 6.54 Å². The Kier molecular flexibility index (Phi) is 4.34. The van der Waals surface area contributed by atoms with Gasteiger partial charge in [0, 0.05) is 29.2 Å². The second kappa shape index (κ2) is 6.05. The Morgan fingerprint density at radius 3 is 2.50 bits per heavy atom. The van der Waals surface area contributed by atoms with E-state index in [-0.39, 0.29) is 0 Å². The summed E-state index contributed by atoms with van der Waals surface area (Å²) >= 11 is 6.39. The number of benzene rings is 1. The zero-order valence-electron chi connectivity index (χ0n) is 12.5. The van der Waals surface area contributed by atoms with Gasteiger partial charge in [0.1, 0.15) is 0 Å². The lowest BCUT2D eigenvalue weighted by atomic mass is 9.95.